The molecule has 21 heavy (non-hydrogen) atoms. The Balaban J connectivity index is 2.97. The van der Waals surface area contributed by atoms with Crippen LogP contribution in [0, 0.1) is 0 Å². The molecule has 0 aliphatic heterocycles. The molecular formula is C14H19NO6. The molecule has 1 aromatic rings. The van der Waals surface area contributed by atoms with Gasteiger partial charge in [-0.2, -0.15) is 0 Å². The van der Waals surface area contributed by atoms with E-state index in [-0.39, 0.29) is 17.9 Å². The molecule has 7 heteroatoms. The van der Waals surface area contributed by atoms with Gasteiger partial charge in [0, 0.05) is 6.42 Å². The van der Waals surface area contributed by atoms with Crippen LogP contribution >= 0.6 is 0 Å². The number of amides is 1. The largest absolute Gasteiger partial charge is 0.504 e. The minimum Gasteiger partial charge on any atom is -0.504 e. The van der Waals surface area contributed by atoms with Gasteiger partial charge in [0.1, 0.15) is 0 Å². The molecule has 1 aromatic carbocycles. The highest BCUT2D eigenvalue weighted by atomic mass is 16.7. The minimum atomic E-state index is -1.24. The van der Waals surface area contributed by atoms with Gasteiger partial charge in [-0.3, -0.25) is 9.63 Å². The molecule has 0 aliphatic carbocycles. The molecule has 1 rings (SSSR count). The number of aliphatic carboxylic acids is 1. The fourth-order valence-corrected chi connectivity index (χ4v) is 1.68. The molecule has 3 N–H and O–H groups in total. The summed E-state index contributed by atoms with van der Waals surface area (Å²) < 4.78 is 0. The van der Waals surface area contributed by atoms with E-state index in [4.69, 9.17) is 4.84 Å². The molecule has 0 spiro atoms. The summed E-state index contributed by atoms with van der Waals surface area (Å²) in [5.74, 6) is -1.89. The first-order valence-corrected chi connectivity index (χ1v) is 6.30. The van der Waals surface area contributed by atoms with Crippen molar-refractivity contribution >= 4 is 12.4 Å². The highest BCUT2D eigenvalue weighted by molar-refractivity contribution is 5.76. The van der Waals surface area contributed by atoms with Gasteiger partial charge in [0.25, 0.3) is 0 Å². The fourth-order valence-electron chi connectivity index (χ4n) is 1.68. The molecule has 0 aromatic heterocycles. The number of hydroxylamine groups is 2. The van der Waals surface area contributed by atoms with E-state index < -0.39 is 17.6 Å². The standard InChI is InChI=1S/C14H19NO6/c1-14(2,3)21-15(8-16)10(13(19)20)6-9-4-5-11(17)12(18)7-9/h4-5,7-8,10,17-18H,6H2,1-3H3,(H,19,20)/t10-/m0/s1. The number of carbonyl (C=O) groups excluding carboxylic acids is 1. The number of carboxylic acid groups (broad SMARTS) is 1. The van der Waals surface area contributed by atoms with Gasteiger partial charge in [0.05, 0.1) is 5.60 Å². The average Bonchev–Trinajstić information content (AvgIpc) is 2.36. The summed E-state index contributed by atoms with van der Waals surface area (Å²) in [5, 5.41) is 28.7. The van der Waals surface area contributed by atoms with Gasteiger partial charge in [-0.25, -0.2) is 9.86 Å². The van der Waals surface area contributed by atoms with Crippen molar-refractivity contribution in [2.45, 2.75) is 38.8 Å². The molecule has 116 valence electrons. The Bertz CT molecular complexity index is 523. The highest BCUT2D eigenvalue weighted by Crippen LogP contribution is 2.26. The van der Waals surface area contributed by atoms with Crippen LogP contribution in [-0.4, -0.2) is 44.4 Å². The van der Waals surface area contributed by atoms with Crippen LogP contribution in [0.4, 0.5) is 0 Å². The van der Waals surface area contributed by atoms with Crippen LogP contribution in [0.2, 0.25) is 0 Å². The summed E-state index contributed by atoms with van der Waals surface area (Å²) in [4.78, 5) is 27.7. The van der Waals surface area contributed by atoms with Gasteiger partial charge in [-0.15, -0.1) is 0 Å². The zero-order valence-corrected chi connectivity index (χ0v) is 12.1. The molecular weight excluding hydrogens is 278 g/mol. The number of aromatic hydroxyl groups is 2. The molecule has 0 radical (unpaired) electrons. The molecule has 0 bridgehead atoms. The second-order valence-electron chi connectivity index (χ2n) is 5.55. The van der Waals surface area contributed by atoms with E-state index in [1.54, 1.807) is 20.8 Å². The third-order valence-corrected chi connectivity index (χ3v) is 2.54. The van der Waals surface area contributed by atoms with E-state index in [9.17, 15) is 24.9 Å². The second kappa shape index (κ2) is 6.45. The molecule has 7 nitrogen and oxygen atoms in total. The number of benzene rings is 1. The van der Waals surface area contributed by atoms with E-state index in [2.05, 4.69) is 0 Å². The van der Waals surface area contributed by atoms with Gasteiger partial charge in [0.2, 0.25) is 6.41 Å². The molecule has 1 atom stereocenters. The number of hydrogen-bond donors (Lipinski definition) is 3. The SMILES string of the molecule is CC(C)(C)ON(C=O)[C@@H](Cc1ccc(O)c(O)c1)C(=O)O. The predicted molar refractivity (Wildman–Crippen MR) is 73.6 cm³/mol. The summed E-state index contributed by atoms with van der Waals surface area (Å²) in [5.41, 5.74) is -0.284. The molecule has 0 saturated heterocycles. The Hall–Kier alpha value is -2.28. The van der Waals surface area contributed by atoms with Crippen molar-refractivity contribution in [1.29, 1.82) is 0 Å². The van der Waals surface area contributed by atoms with Gasteiger partial charge in [0.15, 0.2) is 17.5 Å². The van der Waals surface area contributed by atoms with Gasteiger partial charge in [-0.1, -0.05) is 6.07 Å². The first kappa shape index (κ1) is 16.8. The Morgan fingerprint density at radius 2 is 1.95 bits per heavy atom. The van der Waals surface area contributed by atoms with E-state index >= 15 is 0 Å². The Morgan fingerprint density at radius 1 is 1.33 bits per heavy atom. The van der Waals surface area contributed by atoms with Crippen molar-refractivity contribution in [2.24, 2.45) is 0 Å². The maximum atomic E-state index is 11.3. The summed E-state index contributed by atoms with van der Waals surface area (Å²) >= 11 is 0. The number of carbonyl (C=O) groups is 2. The smallest absolute Gasteiger partial charge is 0.329 e. The number of phenolic OH excluding ortho intramolecular Hbond substituents is 2. The lowest BCUT2D eigenvalue weighted by molar-refractivity contribution is -0.234. The van der Waals surface area contributed by atoms with Crippen LogP contribution in [-0.2, 0) is 20.8 Å². The van der Waals surface area contributed by atoms with Crippen molar-refractivity contribution in [3.05, 3.63) is 23.8 Å². The molecule has 0 heterocycles. The van der Waals surface area contributed by atoms with Crippen molar-refractivity contribution in [3.63, 3.8) is 0 Å². The maximum absolute atomic E-state index is 11.3. The number of carboxylic acids is 1. The van der Waals surface area contributed by atoms with Crippen molar-refractivity contribution in [3.8, 4) is 11.5 Å². The summed E-state index contributed by atoms with van der Waals surface area (Å²) in [6.45, 7) is 5.07. The summed E-state index contributed by atoms with van der Waals surface area (Å²) in [7, 11) is 0. The lowest BCUT2D eigenvalue weighted by atomic mass is 10.1. The second-order valence-corrected chi connectivity index (χ2v) is 5.55. The van der Waals surface area contributed by atoms with E-state index in [0.717, 1.165) is 5.06 Å². The topological polar surface area (TPSA) is 107 Å². The minimum absolute atomic E-state index is 0.0714. The van der Waals surface area contributed by atoms with E-state index in [1.165, 1.54) is 18.2 Å². The monoisotopic (exact) mass is 297 g/mol. The van der Waals surface area contributed by atoms with Gasteiger partial charge >= 0.3 is 5.97 Å². The zero-order chi connectivity index (χ0) is 16.2. The Morgan fingerprint density at radius 3 is 2.38 bits per heavy atom. The maximum Gasteiger partial charge on any atom is 0.329 e. The average molecular weight is 297 g/mol. The lowest BCUT2D eigenvalue weighted by Crippen LogP contribution is -2.45. The molecule has 0 unspecified atom stereocenters. The predicted octanol–water partition coefficient (Wildman–Crippen LogP) is 1.28. The van der Waals surface area contributed by atoms with Crippen molar-refractivity contribution in [2.75, 3.05) is 0 Å². The van der Waals surface area contributed by atoms with Crippen LogP contribution in [0.1, 0.15) is 26.3 Å². The van der Waals surface area contributed by atoms with Crippen LogP contribution in [0.3, 0.4) is 0 Å². The quantitative estimate of drug-likeness (QED) is 0.415. The third-order valence-electron chi connectivity index (χ3n) is 2.54. The van der Waals surface area contributed by atoms with Gasteiger partial charge in [-0.05, 0) is 38.5 Å². The normalized spacial score (nSPS) is 12.7. The highest BCUT2D eigenvalue weighted by Gasteiger charge is 2.29. The number of rotatable bonds is 6. The van der Waals surface area contributed by atoms with Crippen LogP contribution in [0.25, 0.3) is 0 Å². The van der Waals surface area contributed by atoms with E-state index in [1.807, 2.05) is 0 Å². The third kappa shape index (κ3) is 4.96. The van der Waals surface area contributed by atoms with Crippen LogP contribution in [0.5, 0.6) is 11.5 Å². The van der Waals surface area contributed by atoms with Crippen molar-refractivity contribution < 1.29 is 29.7 Å². The summed E-state index contributed by atoms with van der Waals surface area (Å²) in [6, 6.07) is 2.71. The Kier molecular flexibility index (Phi) is 5.15. The Labute approximate surface area is 122 Å². The van der Waals surface area contributed by atoms with Gasteiger partial charge < -0.3 is 15.3 Å². The first-order valence-electron chi connectivity index (χ1n) is 6.30. The molecule has 0 fully saturated rings. The first-order chi connectivity index (χ1) is 9.64. The molecule has 0 saturated carbocycles. The van der Waals surface area contributed by atoms with Crippen LogP contribution < -0.4 is 0 Å². The van der Waals surface area contributed by atoms with Crippen molar-refractivity contribution in [1.82, 2.24) is 5.06 Å². The zero-order valence-electron chi connectivity index (χ0n) is 12.1. The molecule has 0 aliphatic rings. The number of hydrogen-bond acceptors (Lipinski definition) is 5. The fraction of sp³-hybridized carbons (Fsp3) is 0.429. The van der Waals surface area contributed by atoms with Crippen LogP contribution in [0.15, 0.2) is 18.2 Å². The lowest BCUT2D eigenvalue weighted by Gasteiger charge is -2.30. The number of nitrogens with zero attached hydrogens (tertiary/aromatic N) is 1. The number of phenols is 2. The molecule has 1 amide bonds. The summed E-state index contributed by atoms with van der Waals surface area (Å²) in [6.07, 6.45) is 0.238. The van der Waals surface area contributed by atoms with E-state index in [0.29, 0.717) is 12.0 Å².